The average Bonchev–Trinajstić information content (AvgIpc) is 3.00. The third-order valence-corrected chi connectivity index (χ3v) is 4.85. The van der Waals surface area contributed by atoms with Crippen molar-refractivity contribution in [2.24, 2.45) is 0 Å². The fourth-order valence-corrected chi connectivity index (χ4v) is 3.44. The molecular formula is C24H21NO3. The second-order valence-electron chi connectivity index (χ2n) is 6.91. The van der Waals surface area contributed by atoms with E-state index in [1.54, 1.807) is 12.1 Å². The number of nitrogens with one attached hydrogen (secondary N) is 1. The molecule has 0 aliphatic heterocycles. The summed E-state index contributed by atoms with van der Waals surface area (Å²) in [5.41, 5.74) is 4.77. The summed E-state index contributed by atoms with van der Waals surface area (Å²) in [5.74, 6) is 0.636. The van der Waals surface area contributed by atoms with Crippen LogP contribution in [0.15, 0.2) is 66.7 Å². The summed E-state index contributed by atoms with van der Waals surface area (Å²) in [5, 5.41) is 2.89. The molecule has 0 radical (unpaired) electrons. The van der Waals surface area contributed by atoms with Gasteiger partial charge in [-0.1, -0.05) is 42.5 Å². The molecule has 1 aliphatic carbocycles. The quantitative estimate of drug-likeness (QED) is 0.511. The molecule has 3 aromatic carbocycles. The number of aryl methyl sites for hydroxylation is 1. The Kier molecular flexibility index (Phi) is 4.94. The van der Waals surface area contributed by atoms with Gasteiger partial charge in [0.05, 0.1) is 6.61 Å². The van der Waals surface area contributed by atoms with Crippen molar-refractivity contribution in [3.8, 4) is 16.9 Å². The number of rotatable bonds is 6. The van der Waals surface area contributed by atoms with Crippen molar-refractivity contribution in [1.82, 2.24) is 5.32 Å². The average molecular weight is 371 g/mol. The Balaban J connectivity index is 1.33. The Morgan fingerprint density at radius 3 is 2.50 bits per heavy atom. The van der Waals surface area contributed by atoms with Crippen molar-refractivity contribution in [2.75, 3.05) is 13.2 Å². The summed E-state index contributed by atoms with van der Waals surface area (Å²) in [6.45, 7) is 3.06. The van der Waals surface area contributed by atoms with Crippen LogP contribution < -0.4 is 10.1 Å². The maximum Gasteiger partial charge on any atom is 0.251 e. The van der Waals surface area contributed by atoms with Gasteiger partial charge in [0, 0.05) is 23.2 Å². The summed E-state index contributed by atoms with van der Waals surface area (Å²) >= 11 is 0. The number of hydrogen-bond donors (Lipinski definition) is 1. The number of ether oxygens (including phenoxy) is 1. The van der Waals surface area contributed by atoms with Crippen LogP contribution in [-0.4, -0.2) is 24.8 Å². The van der Waals surface area contributed by atoms with E-state index in [0.29, 0.717) is 36.3 Å². The van der Waals surface area contributed by atoms with Crippen molar-refractivity contribution in [3.63, 3.8) is 0 Å². The predicted molar refractivity (Wildman–Crippen MR) is 109 cm³/mol. The van der Waals surface area contributed by atoms with E-state index in [1.807, 2.05) is 61.5 Å². The number of carbonyl (C=O) groups is 2. The first kappa shape index (κ1) is 18.0. The fourth-order valence-electron chi connectivity index (χ4n) is 3.44. The van der Waals surface area contributed by atoms with Crippen LogP contribution in [-0.2, 0) is 0 Å². The van der Waals surface area contributed by atoms with Gasteiger partial charge < -0.3 is 10.1 Å². The highest BCUT2D eigenvalue weighted by atomic mass is 16.5. The molecule has 0 saturated carbocycles. The molecule has 4 rings (SSSR count). The zero-order chi connectivity index (χ0) is 19.5. The zero-order valence-electron chi connectivity index (χ0n) is 15.7. The summed E-state index contributed by atoms with van der Waals surface area (Å²) in [7, 11) is 0. The molecule has 28 heavy (non-hydrogen) atoms. The van der Waals surface area contributed by atoms with Gasteiger partial charge in [-0.05, 0) is 54.3 Å². The number of hydrogen-bond acceptors (Lipinski definition) is 3. The van der Waals surface area contributed by atoms with E-state index in [9.17, 15) is 9.59 Å². The van der Waals surface area contributed by atoms with E-state index < -0.39 is 0 Å². The first-order valence-corrected chi connectivity index (χ1v) is 9.39. The lowest BCUT2D eigenvalue weighted by Crippen LogP contribution is -2.25. The van der Waals surface area contributed by atoms with Crippen LogP contribution >= 0.6 is 0 Å². The minimum atomic E-state index is -0.179. The van der Waals surface area contributed by atoms with Crippen LogP contribution in [0.1, 0.15) is 38.3 Å². The Hall–Kier alpha value is -3.40. The maximum absolute atomic E-state index is 12.6. The molecule has 0 heterocycles. The SMILES string of the molecule is Cc1cccc(OCCCNC(=O)c2ccc3c(c2)C(=O)c2ccccc2-3)c1. The topological polar surface area (TPSA) is 55.4 Å². The van der Waals surface area contributed by atoms with Gasteiger partial charge in [-0.3, -0.25) is 9.59 Å². The first-order valence-electron chi connectivity index (χ1n) is 9.39. The molecule has 4 nitrogen and oxygen atoms in total. The fraction of sp³-hybridized carbons (Fsp3) is 0.167. The van der Waals surface area contributed by atoms with E-state index in [1.165, 1.54) is 0 Å². The highest BCUT2D eigenvalue weighted by Crippen LogP contribution is 2.36. The second-order valence-corrected chi connectivity index (χ2v) is 6.91. The molecule has 140 valence electrons. The Morgan fingerprint density at radius 2 is 1.68 bits per heavy atom. The lowest BCUT2D eigenvalue weighted by atomic mass is 10.0. The molecule has 1 aliphatic rings. The van der Waals surface area contributed by atoms with Gasteiger partial charge in [0.15, 0.2) is 5.78 Å². The van der Waals surface area contributed by atoms with Gasteiger partial charge in [0.1, 0.15) is 5.75 Å². The maximum atomic E-state index is 12.6. The minimum Gasteiger partial charge on any atom is -0.494 e. The Morgan fingerprint density at radius 1 is 0.893 bits per heavy atom. The van der Waals surface area contributed by atoms with Gasteiger partial charge in [-0.15, -0.1) is 0 Å². The number of carbonyl (C=O) groups excluding carboxylic acids is 2. The molecule has 0 unspecified atom stereocenters. The van der Waals surface area contributed by atoms with E-state index in [4.69, 9.17) is 4.74 Å². The van der Waals surface area contributed by atoms with E-state index >= 15 is 0 Å². The van der Waals surface area contributed by atoms with Crippen LogP contribution in [0.4, 0.5) is 0 Å². The molecule has 0 fully saturated rings. The Labute approximate surface area is 164 Å². The van der Waals surface area contributed by atoms with Crippen LogP contribution in [0.25, 0.3) is 11.1 Å². The molecule has 0 spiro atoms. The summed E-state index contributed by atoms with van der Waals surface area (Å²) < 4.78 is 5.69. The normalized spacial score (nSPS) is 11.7. The van der Waals surface area contributed by atoms with E-state index in [2.05, 4.69) is 5.32 Å². The molecule has 0 bridgehead atoms. The van der Waals surface area contributed by atoms with Crippen molar-refractivity contribution >= 4 is 11.7 Å². The van der Waals surface area contributed by atoms with Crippen LogP contribution in [0.5, 0.6) is 5.75 Å². The molecule has 0 saturated heterocycles. The third kappa shape index (κ3) is 3.54. The summed E-state index contributed by atoms with van der Waals surface area (Å²) in [4.78, 5) is 25.0. The second kappa shape index (κ2) is 7.69. The number of benzene rings is 3. The number of fused-ring (bicyclic) bond motifs is 3. The summed E-state index contributed by atoms with van der Waals surface area (Å²) in [6, 6.07) is 20.7. The monoisotopic (exact) mass is 371 g/mol. The first-order chi connectivity index (χ1) is 13.6. The third-order valence-electron chi connectivity index (χ3n) is 4.85. The molecule has 4 heteroatoms. The van der Waals surface area contributed by atoms with Crippen molar-refractivity contribution in [3.05, 3.63) is 89.0 Å². The highest BCUT2D eigenvalue weighted by Gasteiger charge is 2.26. The standard InChI is InChI=1S/C24H21NO3/c1-16-6-4-7-18(14-16)28-13-5-12-25-24(27)17-10-11-20-19-8-2-3-9-21(19)23(26)22(20)15-17/h2-4,6-11,14-15H,5,12-13H2,1H3,(H,25,27). The zero-order valence-corrected chi connectivity index (χ0v) is 15.7. The minimum absolute atomic E-state index is 0.0215. The van der Waals surface area contributed by atoms with Crippen LogP contribution in [0.2, 0.25) is 0 Å². The van der Waals surface area contributed by atoms with Gasteiger partial charge in [-0.2, -0.15) is 0 Å². The number of amides is 1. The van der Waals surface area contributed by atoms with Crippen LogP contribution in [0, 0.1) is 6.92 Å². The van der Waals surface area contributed by atoms with E-state index in [0.717, 1.165) is 22.4 Å². The van der Waals surface area contributed by atoms with Gasteiger partial charge >= 0.3 is 0 Å². The Bertz CT molecular complexity index is 1060. The smallest absolute Gasteiger partial charge is 0.251 e. The van der Waals surface area contributed by atoms with Gasteiger partial charge in [0.25, 0.3) is 5.91 Å². The summed E-state index contributed by atoms with van der Waals surface area (Å²) in [6.07, 6.45) is 0.703. The van der Waals surface area contributed by atoms with Crippen molar-refractivity contribution in [1.29, 1.82) is 0 Å². The molecule has 1 N–H and O–H groups in total. The van der Waals surface area contributed by atoms with E-state index in [-0.39, 0.29) is 11.7 Å². The van der Waals surface area contributed by atoms with Crippen LogP contribution in [0.3, 0.4) is 0 Å². The molecule has 1 amide bonds. The molecular weight excluding hydrogens is 350 g/mol. The highest BCUT2D eigenvalue weighted by molar-refractivity contribution is 6.22. The van der Waals surface area contributed by atoms with Gasteiger partial charge in [-0.25, -0.2) is 0 Å². The van der Waals surface area contributed by atoms with Gasteiger partial charge in [0.2, 0.25) is 0 Å². The molecule has 0 atom stereocenters. The number of ketones is 1. The largest absolute Gasteiger partial charge is 0.494 e. The molecule has 0 aromatic heterocycles. The lowest BCUT2D eigenvalue weighted by Gasteiger charge is -2.09. The molecule has 3 aromatic rings. The van der Waals surface area contributed by atoms with Crippen molar-refractivity contribution in [2.45, 2.75) is 13.3 Å². The van der Waals surface area contributed by atoms with Crippen molar-refractivity contribution < 1.29 is 14.3 Å². The predicted octanol–water partition coefficient (Wildman–Crippen LogP) is 4.41. The lowest BCUT2D eigenvalue weighted by molar-refractivity contribution is 0.0951.